The van der Waals surface area contributed by atoms with Gasteiger partial charge in [-0.05, 0) is 119 Å². The summed E-state index contributed by atoms with van der Waals surface area (Å²) >= 11 is 1.85. The van der Waals surface area contributed by atoms with E-state index < -0.39 is 20.8 Å². The SMILES string of the molecule is CC(C)c1cc(-c2ccccc2)cc(C(C)C)c1-n1c(-c2[c-]cc3sc4cc5ccc6ccccc6c5cc4c3c2)nc2ccccc21.[2H]C([2H])([2H])c1c[c-]c(-c2cc(C([2H])(C)C)c([Si](C)(C)C)cn2)cc1.[Ir]. The van der Waals surface area contributed by atoms with Gasteiger partial charge in [-0.1, -0.05) is 164 Å². The Hall–Kier alpha value is -6.01. The van der Waals surface area contributed by atoms with Crippen molar-refractivity contribution in [2.45, 2.75) is 85.8 Å². The quantitative estimate of drug-likeness (QED) is 0.0862. The number of hydrogen-bond donors (Lipinski definition) is 0. The van der Waals surface area contributed by atoms with E-state index in [1.54, 1.807) is 12.1 Å². The van der Waals surface area contributed by atoms with Crippen LogP contribution in [0.4, 0.5) is 0 Å². The zero-order chi connectivity index (χ0) is 50.9. The molecule has 0 N–H and O–H groups in total. The predicted octanol–water partition coefficient (Wildman–Crippen LogP) is 17.6. The van der Waals surface area contributed by atoms with Gasteiger partial charge in [-0.3, -0.25) is 4.98 Å². The number of pyridine rings is 1. The second-order valence-corrected chi connectivity index (χ2v) is 26.0. The largest absolute Gasteiger partial charge is 0.333 e. The van der Waals surface area contributed by atoms with Crippen LogP contribution in [0.25, 0.3) is 92.2 Å². The van der Waals surface area contributed by atoms with Crippen LogP contribution in [0.5, 0.6) is 0 Å². The number of aromatic nitrogens is 3. The van der Waals surface area contributed by atoms with Crippen LogP contribution in [-0.2, 0) is 20.1 Å². The minimum Gasteiger partial charge on any atom is -0.333 e. The van der Waals surface area contributed by atoms with Crippen LogP contribution in [0.2, 0.25) is 19.6 Å². The molecule has 8 aromatic carbocycles. The molecule has 3 nitrogen and oxygen atoms in total. The Labute approximate surface area is 432 Å². The van der Waals surface area contributed by atoms with Crippen molar-refractivity contribution in [2.75, 3.05) is 0 Å². The molecule has 0 fully saturated rings. The van der Waals surface area contributed by atoms with Crippen LogP contribution < -0.4 is 5.19 Å². The van der Waals surface area contributed by atoms with Crippen molar-refractivity contribution in [3.05, 3.63) is 192 Å². The maximum absolute atomic E-state index is 8.48. The molecule has 0 saturated heterocycles. The maximum Gasteiger partial charge on any atom is 0.0799 e. The number of benzene rings is 8. The minimum atomic E-state index is -2.13. The summed E-state index contributed by atoms with van der Waals surface area (Å²) in [4.78, 5) is 9.90. The van der Waals surface area contributed by atoms with Gasteiger partial charge in [0.2, 0.25) is 0 Å². The first-order valence-electron chi connectivity index (χ1n) is 25.7. The molecule has 1 radical (unpaired) electrons. The molecule has 0 spiro atoms. The van der Waals surface area contributed by atoms with E-state index in [2.05, 4.69) is 196 Å². The smallest absolute Gasteiger partial charge is 0.0799 e. The number of hydrogen-bond acceptors (Lipinski definition) is 3. The van der Waals surface area contributed by atoms with Gasteiger partial charge in [0.25, 0.3) is 0 Å². The van der Waals surface area contributed by atoms with E-state index in [0.29, 0.717) is 11.8 Å². The third-order valence-electron chi connectivity index (χ3n) is 13.2. The van der Waals surface area contributed by atoms with E-state index in [1.165, 1.54) is 80.9 Å². The molecule has 0 aliphatic rings. The van der Waals surface area contributed by atoms with Gasteiger partial charge in [0.1, 0.15) is 0 Å². The summed E-state index contributed by atoms with van der Waals surface area (Å²) in [6, 6.07) is 60.0. The molecule has 0 aliphatic carbocycles. The molecule has 3 heterocycles. The first kappa shape index (κ1) is 43.0. The number of para-hydroxylation sites is 2. The van der Waals surface area contributed by atoms with E-state index in [4.69, 9.17) is 10.5 Å². The summed E-state index contributed by atoms with van der Waals surface area (Å²) in [7, 11) is -1.61. The monoisotopic (exact) mass is 1110 g/mol. The summed E-state index contributed by atoms with van der Waals surface area (Å²) in [5, 5.41) is 8.86. The molecule has 0 amide bonds. The van der Waals surface area contributed by atoms with Crippen molar-refractivity contribution in [3.63, 3.8) is 0 Å². The molecule has 0 aliphatic heterocycles. The van der Waals surface area contributed by atoms with Gasteiger partial charge >= 0.3 is 0 Å². The average Bonchev–Trinajstić information content (AvgIpc) is 3.92. The fraction of sp³-hybridized carbons (Fsp3) is 0.206. The Morgan fingerprint density at radius 2 is 1.29 bits per heavy atom. The Morgan fingerprint density at radius 1 is 0.609 bits per heavy atom. The van der Waals surface area contributed by atoms with Crippen LogP contribution >= 0.6 is 11.3 Å². The first-order chi connectivity index (χ1) is 34.2. The van der Waals surface area contributed by atoms with E-state index in [1.807, 2.05) is 37.4 Å². The average molecular weight is 1110 g/mol. The van der Waals surface area contributed by atoms with Gasteiger partial charge in [0.15, 0.2) is 0 Å². The number of rotatable bonds is 8. The van der Waals surface area contributed by atoms with Crippen LogP contribution in [0.1, 0.15) is 87.0 Å². The van der Waals surface area contributed by atoms with E-state index in [-0.39, 0.29) is 25.7 Å². The van der Waals surface area contributed by atoms with Crippen LogP contribution in [0, 0.1) is 19.0 Å². The number of thiophene rings is 1. The molecule has 0 atom stereocenters. The molecule has 69 heavy (non-hydrogen) atoms. The van der Waals surface area contributed by atoms with Gasteiger partial charge in [-0.15, -0.1) is 59.2 Å². The number of nitrogens with zero attached hydrogens (tertiary/aromatic N) is 3. The van der Waals surface area contributed by atoms with E-state index in [9.17, 15) is 0 Å². The molecule has 0 saturated carbocycles. The van der Waals surface area contributed by atoms with Crippen molar-refractivity contribution in [1.82, 2.24) is 14.5 Å². The second-order valence-electron chi connectivity index (χ2n) is 19.9. The van der Waals surface area contributed by atoms with E-state index >= 15 is 0 Å². The van der Waals surface area contributed by atoms with Gasteiger partial charge in [-0.25, -0.2) is 0 Å². The molecule has 0 unspecified atom stereocenters. The Bertz CT molecular complexity index is 3800. The van der Waals surface area contributed by atoms with E-state index in [0.717, 1.165) is 39.2 Å². The van der Waals surface area contributed by atoms with Crippen molar-refractivity contribution >= 4 is 77.3 Å². The topological polar surface area (TPSA) is 30.7 Å². The van der Waals surface area contributed by atoms with Crippen molar-refractivity contribution in [1.29, 1.82) is 0 Å². The maximum atomic E-state index is 8.48. The molecule has 6 heteroatoms. The van der Waals surface area contributed by atoms with Gasteiger partial charge in [0, 0.05) is 42.2 Å². The molecule has 11 aromatic rings. The second kappa shape index (κ2) is 19.4. The number of imidazole rings is 1. The zero-order valence-corrected chi connectivity index (χ0v) is 45.0. The Morgan fingerprint density at radius 3 is 1.99 bits per heavy atom. The molecule has 0 bridgehead atoms. The van der Waals surface area contributed by atoms with Gasteiger partial charge in [0.05, 0.1) is 24.9 Å². The van der Waals surface area contributed by atoms with Gasteiger partial charge < -0.3 is 9.55 Å². The Kier molecular flexibility index (Phi) is 12.1. The third-order valence-corrected chi connectivity index (χ3v) is 16.3. The normalized spacial score (nSPS) is 13.1. The van der Waals surface area contributed by atoms with Crippen molar-refractivity contribution in [2.24, 2.45) is 0 Å². The fourth-order valence-electron chi connectivity index (χ4n) is 9.60. The number of aryl methyl sites for hydroxylation is 1. The predicted molar refractivity (Wildman–Crippen MR) is 297 cm³/mol. The van der Waals surface area contributed by atoms with Crippen LogP contribution in [0.15, 0.2) is 158 Å². The third kappa shape index (κ3) is 9.29. The fourth-order valence-corrected chi connectivity index (χ4v) is 12.3. The van der Waals surface area contributed by atoms with Crippen LogP contribution in [0.3, 0.4) is 0 Å². The van der Waals surface area contributed by atoms with Gasteiger partial charge in [-0.2, -0.15) is 11.3 Å². The zero-order valence-electron chi connectivity index (χ0n) is 44.7. The molecule has 11 rings (SSSR count). The van der Waals surface area contributed by atoms with Crippen molar-refractivity contribution < 1.29 is 25.6 Å². The molecule has 3 aromatic heterocycles. The first-order valence-corrected chi connectivity index (χ1v) is 28.0. The molecule has 347 valence electrons. The summed E-state index contributed by atoms with van der Waals surface area (Å²) in [5.74, 6) is 0.836. The summed E-state index contributed by atoms with van der Waals surface area (Å²) in [6.07, 6.45) is 1.89. The molecular weight excluding hydrogens is 1050 g/mol. The minimum absolute atomic E-state index is 0. The summed E-state index contributed by atoms with van der Waals surface area (Å²) in [5.41, 5.74) is 12.2. The summed E-state index contributed by atoms with van der Waals surface area (Å²) < 4.78 is 35.8. The van der Waals surface area contributed by atoms with Crippen LogP contribution in [-0.4, -0.2) is 22.6 Å². The van der Waals surface area contributed by atoms with Crippen molar-refractivity contribution in [3.8, 4) is 39.5 Å². The Balaban J connectivity index is 0.000000223. The number of fused-ring (bicyclic) bond motifs is 7. The standard InChI is InChI=1S/C45H35N2S.C18H24NSi.Ir/c1-27(2)35-23-33(29-12-6-5-7-13-29)24-36(28(3)4)44(35)47-41-17-11-10-16-40(41)46-45(47)32-20-21-42-38(22-32)39-26-37-31(25-43(39)48-42)19-18-30-14-8-9-15-34(30)37;1-13(2)16-11-17(15-9-7-14(3)8-10-15)19-12-18(16)20(4,5)6;/h5-19,21-28H,1-4H3;7-9,11-13H,1-6H3;/q2*-1;/i;3D3,13D;. The summed E-state index contributed by atoms with van der Waals surface area (Å²) in [6.45, 7) is 17.6. The molecular formula is C63H59IrN3SSi-2.